The van der Waals surface area contributed by atoms with E-state index in [4.69, 9.17) is 4.74 Å². The number of halogens is 1. The lowest BCUT2D eigenvalue weighted by Crippen LogP contribution is -2.19. The Labute approximate surface area is 184 Å². The number of ketones is 1. The van der Waals surface area contributed by atoms with Crippen molar-refractivity contribution < 1.29 is 19.7 Å². The molecule has 3 aromatic rings. The normalized spacial score (nSPS) is 11.0. The predicted molar refractivity (Wildman–Crippen MR) is 121 cm³/mol. The third-order valence-corrected chi connectivity index (χ3v) is 5.33. The van der Waals surface area contributed by atoms with Crippen molar-refractivity contribution in [2.24, 2.45) is 0 Å². The molecule has 0 bridgehead atoms. The van der Waals surface area contributed by atoms with Gasteiger partial charge in [0.2, 0.25) is 0 Å². The van der Waals surface area contributed by atoms with Crippen LogP contribution in [0.5, 0.6) is 11.5 Å². The Morgan fingerprint density at radius 2 is 1.70 bits per heavy atom. The number of hydrogen-bond donors (Lipinski definition) is 2. The summed E-state index contributed by atoms with van der Waals surface area (Å²) in [7, 11) is 3.96. The van der Waals surface area contributed by atoms with Crippen LogP contribution in [0.4, 0.5) is 0 Å². The second kappa shape index (κ2) is 9.89. The quantitative estimate of drug-likeness (QED) is 0.475. The van der Waals surface area contributed by atoms with E-state index in [1.54, 1.807) is 42.5 Å². The van der Waals surface area contributed by atoms with E-state index in [1.165, 1.54) is 6.07 Å². The molecule has 0 aliphatic carbocycles. The molecule has 0 aromatic heterocycles. The summed E-state index contributed by atoms with van der Waals surface area (Å²) in [6, 6.07) is 17.2. The summed E-state index contributed by atoms with van der Waals surface area (Å²) < 4.78 is 6.45. The highest BCUT2D eigenvalue weighted by atomic mass is 79.9. The van der Waals surface area contributed by atoms with Crippen molar-refractivity contribution in [3.63, 3.8) is 0 Å². The van der Waals surface area contributed by atoms with Gasteiger partial charge >= 0.3 is 0 Å². The van der Waals surface area contributed by atoms with Crippen molar-refractivity contribution in [3.8, 4) is 22.6 Å². The first-order chi connectivity index (χ1) is 14.4. The fourth-order valence-corrected chi connectivity index (χ4v) is 3.67. The molecule has 6 heteroatoms. The summed E-state index contributed by atoms with van der Waals surface area (Å²) in [6.45, 7) is 1.30. The third-order valence-electron chi connectivity index (χ3n) is 4.68. The first kappa shape index (κ1) is 22.0. The van der Waals surface area contributed by atoms with E-state index in [-0.39, 0.29) is 18.1 Å². The Morgan fingerprint density at radius 3 is 2.33 bits per heavy atom. The van der Waals surface area contributed by atoms with E-state index >= 15 is 0 Å². The zero-order valence-corrected chi connectivity index (χ0v) is 18.5. The van der Waals surface area contributed by atoms with Crippen LogP contribution in [-0.4, -0.2) is 48.1 Å². The SMILES string of the molecule is CN(C)CCOc1ccc(C(=O)c2cc(O)ccc2-c2ccc(CO)cc2Br)cc1. The van der Waals surface area contributed by atoms with Crippen LogP contribution < -0.4 is 4.74 Å². The number of phenols is 1. The minimum absolute atomic E-state index is 0.0221. The molecule has 0 fully saturated rings. The molecule has 0 spiro atoms. The van der Waals surface area contributed by atoms with Gasteiger partial charge in [0, 0.05) is 22.1 Å². The molecule has 0 saturated heterocycles. The molecule has 5 nitrogen and oxygen atoms in total. The lowest BCUT2D eigenvalue weighted by Gasteiger charge is -2.13. The van der Waals surface area contributed by atoms with Crippen LogP contribution in [0.2, 0.25) is 0 Å². The summed E-state index contributed by atoms with van der Waals surface area (Å²) in [5, 5.41) is 19.3. The number of hydrogen-bond acceptors (Lipinski definition) is 5. The topological polar surface area (TPSA) is 70.0 Å². The monoisotopic (exact) mass is 469 g/mol. The van der Waals surface area contributed by atoms with E-state index < -0.39 is 0 Å². The van der Waals surface area contributed by atoms with Crippen molar-refractivity contribution in [2.75, 3.05) is 27.2 Å². The van der Waals surface area contributed by atoms with Gasteiger partial charge in [0.15, 0.2) is 5.78 Å². The van der Waals surface area contributed by atoms with Gasteiger partial charge in [0.25, 0.3) is 0 Å². The molecule has 0 heterocycles. The van der Waals surface area contributed by atoms with Gasteiger partial charge in [-0.15, -0.1) is 0 Å². The number of rotatable bonds is 8. The number of carbonyl (C=O) groups is 1. The van der Waals surface area contributed by atoms with Crippen molar-refractivity contribution in [1.29, 1.82) is 0 Å². The number of carbonyl (C=O) groups excluding carboxylic acids is 1. The van der Waals surface area contributed by atoms with Crippen LogP contribution in [0.25, 0.3) is 11.1 Å². The van der Waals surface area contributed by atoms with Crippen LogP contribution in [-0.2, 0) is 6.61 Å². The second-order valence-corrected chi connectivity index (χ2v) is 8.06. The smallest absolute Gasteiger partial charge is 0.193 e. The average molecular weight is 470 g/mol. The minimum Gasteiger partial charge on any atom is -0.508 e. The van der Waals surface area contributed by atoms with Crippen molar-refractivity contribution in [1.82, 2.24) is 4.90 Å². The number of phenolic OH excluding ortho intramolecular Hbond substituents is 1. The molecule has 30 heavy (non-hydrogen) atoms. The molecule has 0 aliphatic heterocycles. The Morgan fingerprint density at radius 1 is 1.00 bits per heavy atom. The van der Waals surface area contributed by atoms with Gasteiger partial charge < -0.3 is 19.8 Å². The Kier molecular flexibility index (Phi) is 7.26. The van der Waals surface area contributed by atoms with E-state index in [9.17, 15) is 15.0 Å². The van der Waals surface area contributed by atoms with Gasteiger partial charge in [-0.3, -0.25) is 4.79 Å². The highest BCUT2D eigenvalue weighted by Crippen LogP contribution is 2.34. The van der Waals surface area contributed by atoms with Gasteiger partial charge in [-0.05, 0) is 79.3 Å². The number of aromatic hydroxyl groups is 1. The summed E-state index contributed by atoms with van der Waals surface area (Å²) in [5.74, 6) is 0.527. The van der Waals surface area contributed by atoms with Gasteiger partial charge in [0.05, 0.1) is 6.61 Å². The maximum atomic E-state index is 13.2. The van der Waals surface area contributed by atoms with Crippen molar-refractivity contribution in [2.45, 2.75) is 6.61 Å². The zero-order valence-electron chi connectivity index (χ0n) is 16.9. The first-order valence-electron chi connectivity index (χ1n) is 9.54. The van der Waals surface area contributed by atoms with Gasteiger partial charge in [-0.2, -0.15) is 0 Å². The van der Waals surface area contributed by atoms with E-state index in [0.717, 1.165) is 22.1 Å². The molecule has 156 valence electrons. The lowest BCUT2D eigenvalue weighted by molar-refractivity contribution is 0.103. The highest BCUT2D eigenvalue weighted by molar-refractivity contribution is 9.10. The van der Waals surface area contributed by atoms with Gasteiger partial charge in [-0.25, -0.2) is 0 Å². The maximum Gasteiger partial charge on any atom is 0.193 e. The summed E-state index contributed by atoms with van der Waals surface area (Å²) in [4.78, 5) is 15.3. The molecule has 0 unspecified atom stereocenters. The Bertz CT molecular complexity index is 1030. The highest BCUT2D eigenvalue weighted by Gasteiger charge is 2.18. The zero-order chi connectivity index (χ0) is 21.7. The molecule has 0 radical (unpaired) electrons. The standard InChI is InChI=1S/C24H24BrNO4/c1-26(2)11-12-30-19-7-4-17(5-8-19)24(29)22-14-18(28)6-10-20(22)21-9-3-16(15-27)13-23(21)25/h3-10,13-14,27-28H,11-12,15H2,1-2H3. The third kappa shape index (κ3) is 5.27. The van der Waals surface area contributed by atoms with Gasteiger partial charge in [-0.1, -0.05) is 28.1 Å². The van der Waals surface area contributed by atoms with Crippen LogP contribution in [0.1, 0.15) is 21.5 Å². The van der Waals surface area contributed by atoms with Crippen LogP contribution in [0.15, 0.2) is 65.1 Å². The fraction of sp³-hybridized carbons (Fsp3) is 0.208. The molecule has 0 aliphatic rings. The number of aliphatic hydroxyl groups excluding tert-OH is 1. The van der Waals surface area contributed by atoms with Crippen LogP contribution >= 0.6 is 15.9 Å². The summed E-state index contributed by atoms with van der Waals surface area (Å²) in [5.41, 5.74) is 3.17. The van der Waals surface area contributed by atoms with Crippen molar-refractivity contribution >= 4 is 21.7 Å². The molecule has 0 atom stereocenters. The maximum absolute atomic E-state index is 13.2. The molecule has 3 rings (SSSR count). The summed E-state index contributed by atoms with van der Waals surface area (Å²) >= 11 is 3.52. The number of likely N-dealkylation sites (N-methyl/N-ethyl adjacent to an activating group) is 1. The van der Waals surface area contributed by atoms with E-state index in [0.29, 0.717) is 29.0 Å². The first-order valence-corrected chi connectivity index (χ1v) is 10.3. The second-order valence-electron chi connectivity index (χ2n) is 7.21. The number of nitrogens with zero attached hydrogens (tertiary/aromatic N) is 1. The van der Waals surface area contributed by atoms with Gasteiger partial charge in [0.1, 0.15) is 18.1 Å². The molecule has 0 saturated carbocycles. The number of ether oxygens (including phenoxy) is 1. The average Bonchev–Trinajstić information content (AvgIpc) is 2.73. The van der Waals surface area contributed by atoms with E-state index in [1.807, 2.05) is 31.1 Å². The molecule has 3 aromatic carbocycles. The van der Waals surface area contributed by atoms with E-state index in [2.05, 4.69) is 15.9 Å². The lowest BCUT2D eigenvalue weighted by atomic mass is 9.93. The fourth-order valence-electron chi connectivity index (χ4n) is 3.03. The Balaban J connectivity index is 1.90. The molecular weight excluding hydrogens is 446 g/mol. The number of benzene rings is 3. The van der Waals surface area contributed by atoms with Crippen molar-refractivity contribution in [3.05, 3.63) is 81.8 Å². The minimum atomic E-state index is -0.195. The molecule has 2 N–H and O–H groups in total. The summed E-state index contributed by atoms with van der Waals surface area (Å²) in [6.07, 6.45) is 0. The molecular formula is C24H24BrNO4. The molecule has 0 amide bonds. The largest absolute Gasteiger partial charge is 0.508 e. The predicted octanol–water partition coefficient (Wildman–Crippen LogP) is 4.49. The van der Waals surface area contributed by atoms with Crippen LogP contribution in [0.3, 0.4) is 0 Å². The number of aliphatic hydroxyl groups is 1. The van der Waals surface area contributed by atoms with Crippen LogP contribution in [0, 0.1) is 0 Å². The Hall–Kier alpha value is -2.67.